The number of hydrogen-bond donors (Lipinski definition) is 1. The van der Waals surface area contributed by atoms with Gasteiger partial charge in [-0.15, -0.1) is 0 Å². The van der Waals surface area contributed by atoms with Crippen LogP contribution in [0.3, 0.4) is 0 Å². The molecule has 66 valence electrons. The van der Waals surface area contributed by atoms with Gasteiger partial charge in [-0.2, -0.15) is 5.10 Å². The number of hydroxylamine groups is 1. The summed E-state index contributed by atoms with van der Waals surface area (Å²) >= 11 is 0. The Hall–Kier alpha value is -1.32. The lowest BCUT2D eigenvalue weighted by molar-refractivity contribution is -0.530. The number of rotatable bonds is 1. The van der Waals surface area contributed by atoms with Crippen molar-refractivity contribution < 1.29 is 4.74 Å². The third-order valence-corrected chi connectivity index (χ3v) is 1.45. The zero-order valence-corrected chi connectivity index (χ0v) is 7.53. The van der Waals surface area contributed by atoms with Crippen molar-refractivity contribution in [3.8, 4) is 0 Å². The van der Waals surface area contributed by atoms with Gasteiger partial charge in [-0.1, -0.05) is 0 Å². The topological polar surface area (TPSA) is 54.8 Å². The van der Waals surface area contributed by atoms with E-state index in [9.17, 15) is 5.21 Å². The van der Waals surface area contributed by atoms with Crippen LogP contribution >= 0.6 is 0 Å². The van der Waals surface area contributed by atoms with Crippen LogP contribution < -0.4 is 0 Å². The van der Waals surface area contributed by atoms with Crippen LogP contribution in [0.5, 0.6) is 0 Å². The molecule has 4 heteroatoms. The molecule has 4 nitrogen and oxygen atoms in total. The fraction of sp³-hybridized carbons (Fsp3) is 0.500. The molecule has 0 spiro atoms. The van der Waals surface area contributed by atoms with Crippen LogP contribution in [0.2, 0.25) is 0 Å². The highest BCUT2D eigenvalue weighted by Crippen LogP contribution is 2.05. The first-order chi connectivity index (χ1) is 5.50. The molecule has 0 aliphatic rings. The smallest absolute Gasteiger partial charge is 0.185 e. The Morgan fingerprint density at radius 2 is 2.25 bits per heavy atom. The van der Waals surface area contributed by atoms with Crippen molar-refractivity contribution in [2.45, 2.75) is 26.3 Å². The lowest BCUT2D eigenvalue weighted by atomic mass is 10.1. The molecule has 0 aliphatic carbocycles. The Balaban J connectivity index is 2.84. The van der Waals surface area contributed by atoms with E-state index in [1.54, 1.807) is 12.4 Å². The highest BCUT2D eigenvalue weighted by Gasteiger charge is 2.17. The maximum atomic E-state index is 11.4. The van der Waals surface area contributed by atoms with Crippen LogP contribution in [0.25, 0.3) is 0 Å². The van der Waals surface area contributed by atoms with Crippen LogP contribution in [-0.2, 0) is 0 Å². The molecule has 0 radical (unpaired) electrons. The summed E-state index contributed by atoms with van der Waals surface area (Å²) in [4.78, 5) is 0. The molecule has 1 heterocycles. The molecule has 0 fully saturated rings. The van der Waals surface area contributed by atoms with Gasteiger partial charge in [0.25, 0.3) is 0 Å². The van der Waals surface area contributed by atoms with Crippen LogP contribution in [0.4, 0.5) is 0 Å². The van der Waals surface area contributed by atoms with Crippen molar-refractivity contribution in [2.75, 3.05) is 0 Å². The fourth-order valence-electron chi connectivity index (χ4n) is 0.661. The minimum Gasteiger partial charge on any atom is -0.623 e. The highest BCUT2D eigenvalue weighted by molar-refractivity contribution is 5.74. The van der Waals surface area contributed by atoms with E-state index in [0.717, 1.165) is 10.3 Å². The highest BCUT2D eigenvalue weighted by atomic mass is 16.5. The maximum Gasteiger partial charge on any atom is 0.185 e. The minimum absolute atomic E-state index is 0.392. The van der Waals surface area contributed by atoms with E-state index in [2.05, 4.69) is 10.2 Å². The molecule has 0 aromatic carbocycles. The molecule has 0 saturated carbocycles. The van der Waals surface area contributed by atoms with Crippen LogP contribution in [0, 0.1) is 5.21 Å². The molecule has 0 saturated heterocycles. The average molecular weight is 167 g/mol. The molecule has 0 bridgehead atoms. The van der Waals surface area contributed by atoms with E-state index in [0.29, 0.717) is 0 Å². The van der Waals surface area contributed by atoms with Gasteiger partial charge in [-0.05, 0) is 0 Å². The first kappa shape index (κ1) is 8.77. The standard InChI is InChI=1S/C8H13N3O/c1-8(2,3)11(12)6-7-4-9-10-5-7/h4-6H,1-3H3,(H,9,10). The SMILES string of the molecule is CC(C)(C)[N+]([O-])=Cc1cn[nH]c1. The summed E-state index contributed by atoms with van der Waals surface area (Å²) in [6, 6.07) is 0. The van der Waals surface area contributed by atoms with Gasteiger partial charge in [-0.3, -0.25) is 5.10 Å². The summed E-state index contributed by atoms with van der Waals surface area (Å²) in [6.07, 6.45) is 4.80. The molecule has 0 atom stereocenters. The Labute approximate surface area is 71.5 Å². The summed E-state index contributed by atoms with van der Waals surface area (Å²) < 4.78 is 0.915. The third-order valence-electron chi connectivity index (χ3n) is 1.45. The Kier molecular flexibility index (Phi) is 2.17. The van der Waals surface area contributed by atoms with E-state index in [4.69, 9.17) is 0 Å². The fourth-order valence-corrected chi connectivity index (χ4v) is 0.661. The van der Waals surface area contributed by atoms with Crippen molar-refractivity contribution in [2.24, 2.45) is 0 Å². The van der Waals surface area contributed by atoms with Gasteiger partial charge < -0.3 is 5.21 Å². The normalized spacial score (nSPS) is 13.4. The molecule has 12 heavy (non-hydrogen) atoms. The summed E-state index contributed by atoms with van der Waals surface area (Å²) in [6.45, 7) is 5.57. The number of aromatic amines is 1. The Bertz CT molecular complexity index is 269. The third kappa shape index (κ3) is 2.08. The van der Waals surface area contributed by atoms with Gasteiger partial charge in [0.2, 0.25) is 0 Å². The zero-order chi connectivity index (χ0) is 9.19. The molecule has 1 aromatic rings. The second kappa shape index (κ2) is 2.97. The minimum atomic E-state index is -0.392. The van der Waals surface area contributed by atoms with Crippen molar-refractivity contribution >= 4 is 6.21 Å². The predicted octanol–water partition coefficient (Wildman–Crippen LogP) is 1.14. The number of aromatic nitrogens is 2. The van der Waals surface area contributed by atoms with Crippen molar-refractivity contribution in [3.63, 3.8) is 0 Å². The molecule has 0 aliphatic heterocycles. The number of nitrogens with one attached hydrogen (secondary N) is 1. The summed E-state index contributed by atoms with van der Waals surface area (Å²) in [5, 5.41) is 17.7. The summed E-state index contributed by atoms with van der Waals surface area (Å²) in [5.41, 5.74) is 0.400. The summed E-state index contributed by atoms with van der Waals surface area (Å²) in [7, 11) is 0. The van der Waals surface area contributed by atoms with E-state index >= 15 is 0 Å². The first-order valence-electron chi connectivity index (χ1n) is 3.80. The molecule has 0 unspecified atom stereocenters. The van der Waals surface area contributed by atoms with Gasteiger partial charge >= 0.3 is 0 Å². The molecular formula is C8H13N3O. The van der Waals surface area contributed by atoms with Crippen LogP contribution in [0.1, 0.15) is 26.3 Å². The Morgan fingerprint density at radius 1 is 1.58 bits per heavy atom. The van der Waals surface area contributed by atoms with Crippen molar-refractivity contribution in [3.05, 3.63) is 23.2 Å². The molecule has 1 rings (SSSR count). The maximum absolute atomic E-state index is 11.4. The van der Waals surface area contributed by atoms with Crippen molar-refractivity contribution in [1.29, 1.82) is 0 Å². The second-order valence-corrected chi connectivity index (χ2v) is 3.66. The van der Waals surface area contributed by atoms with Gasteiger partial charge in [0.15, 0.2) is 11.8 Å². The van der Waals surface area contributed by atoms with Crippen LogP contribution in [-0.4, -0.2) is 26.7 Å². The molecule has 0 amide bonds. The molecular weight excluding hydrogens is 154 g/mol. The monoisotopic (exact) mass is 167 g/mol. The first-order valence-corrected chi connectivity index (χ1v) is 3.80. The van der Waals surface area contributed by atoms with Gasteiger partial charge in [0, 0.05) is 27.0 Å². The van der Waals surface area contributed by atoms with Crippen molar-refractivity contribution in [1.82, 2.24) is 10.2 Å². The predicted molar refractivity (Wildman–Crippen MR) is 47.1 cm³/mol. The molecule has 1 aromatic heterocycles. The van der Waals surface area contributed by atoms with E-state index in [1.807, 2.05) is 20.8 Å². The average Bonchev–Trinajstić information content (AvgIpc) is 2.37. The summed E-state index contributed by atoms with van der Waals surface area (Å²) in [5.74, 6) is 0. The van der Waals surface area contributed by atoms with E-state index < -0.39 is 5.54 Å². The van der Waals surface area contributed by atoms with Gasteiger partial charge in [0.1, 0.15) is 0 Å². The lowest BCUT2D eigenvalue weighted by Crippen LogP contribution is -2.29. The Morgan fingerprint density at radius 3 is 2.67 bits per heavy atom. The van der Waals surface area contributed by atoms with Crippen LogP contribution in [0.15, 0.2) is 12.4 Å². The van der Waals surface area contributed by atoms with E-state index in [-0.39, 0.29) is 0 Å². The number of H-pyrrole nitrogens is 1. The van der Waals surface area contributed by atoms with Gasteiger partial charge in [-0.25, -0.2) is 4.74 Å². The van der Waals surface area contributed by atoms with E-state index in [1.165, 1.54) is 6.21 Å². The largest absolute Gasteiger partial charge is 0.623 e. The lowest BCUT2D eigenvalue weighted by Gasteiger charge is -2.18. The van der Waals surface area contributed by atoms with Gasteiger partial charge in [0.05, 0.1) is 11.8 Å². The number of hydrogen-bond acceptors (Lipinski definition) is 2. The zero-order valence-electron chi connectivity index (χ0n) is 7.53. The quantitative estimate of drug-likeness (QED) is 0.295. The molecule has 1 N–H and O–H groups in total. The second-order valence-electron chi connectivity index (χ2n) is 3.66. The number of nitrogens with zero attached hydrogens (tertiary/aromatic N) is 2.